The lowest BCUT2D eigenvalue weighted by Crippen LogP contribution is -3.00. The predicted molar refractivity (Wildman–Crippen MR) is 164 cm³/mol. The van der Waals surface area contributed by atoms with Crippen LogP contribution in [0, 0.1) is 13.8 Å². The maximum absolute atomic E-state index is 12.8. The quantitative estimate of drug-likeness (QED) is 0.130. The number of nitrogens with zero attached hydrogens (tertiary/aromatic N) is 4. The fourth-order valence-electron chi connectivity index (χ4n) is 6.38. The second kappa shape index (κ2) is 15.7. The van der Waals surface area contributed by atoms with Gasteiger partial charge in [0.05, 0.1) is 76.6 Å². The molecule has 2 aliphatic rings. The number of imide groups is 2. The lowest BCUT2D eigenvalue weighted by atomic mass is 10.0. The molecule has 0 saturated carbocycles. The van der Waals surface area contributed by atoms with Crippen molar-refractivity contribution in [2.45, 2.75) is 52.4 Å². The first-order valence-electron chi connectivity index (χ1n) is 15.4. The van der Waals surface area contributed by atoms with Gasteiger partial charge in [-0.1, -0.05) is 24.3 Å². The fraction of sp³-hybridized carbons (Fsp3) is 0.529. The number of hydrogen-bond acceptors (Lipinski definition) is 4. The summed E-state index contributed by atoms with van der Waals surface area (Å²) in [5, 5.41) is 0. The van der Waals surface area contributed by atoms with Gasteiger partial charge in [0.1, 0.15) is 0 Å². The van der Waals surface area contributed by atoms with Crippen molar-refractivity contribution in [1.29, 1.82) is 0 Å². The van der Waals surface area contributed by atoms with Gasteiger partial charge in [-0.2, -0.15) is 0 Å². The lowest BCUT2D eigenvalue weighted by Gasteiger charge is -2.31. The molecule has 0 fully saturated rings. The largest absolute Gasteiger partial charge is 1.00 e. The van der Waals surface area contributed by atoms with Gasteiger partial charge in [0.25, 0.3) is 23.6 Å². The highest BCUT2D eigenvalue weighted by atomic mass is 79.9. The molecule has 0 saturated heterocycles. The van der Waals surface area contributed by atoms with Crippen LogP contribution in [0.5, 0.6) is 0 Å². The number of aryl methyl sites for hydroxylation is 2. The summed E-state index contributed by atoms with van der Waals surface area (Å²) in [7, 11) is 8.90. The maximum atomic E-state index is 12.8. The number of unbranched alkanes of at least 4 members (excludes halogenated alkanes) is 3. The molecule has 0 aromatic heterocycles. The van der Waals surface area contributed by atoms with Crippen LogP contribution >= 0.6 is 0 Å². The highest BCUT2D eigenvalue weighted by Crippen LogP contribution is 2.27. The van der Waals surface area contributed by atoms with Crippen LogP contribution in [0.2, 0.25) is 0 Å². The van der Waals surface area contributed by atoms with Crippen molar-refractivity contribution in [3.63, 3.8) is 0 Å². The van der Waals surface area contributed by atoms with Crippen LogP contribution < -0.4 is 34.0 Å². The second-order valence-corrected chi connectivity index (χ2v) is 13.4. The lowest BCUT2D eigenvalue weighted by molar-refractivity contribution is -0.891. The first-order chi connectivity index (χ1) is 19.8. The van der Waals surface area contributed by atoms with Crippen molar-refractivity contribution < 1.29 is 62.1 Å². The van der Waals surface area contributed by atoms with Crippen LogP contribution in [-0.2, 0) is 0 Å². The van der Waals surface area contributed by atoms with Gasteiger partial charge in [0, 0.05) is 25.9 Å². The molecule has 44 heavy (non-hydrogen) atoms. The number of quaternary nitrogens is 2. The molecule has 242 valence electrons. The van der Waals surface area contributed by atoms with Crippen LogP contribution in [-0.4, -0.2) is 110 Å². The van der Waals surface area contributed by atoms with E-state index in [2.05, 4.69) is 28.2 Å². The molecule has 0 N–H and O–H groups in total. The summed E-state index contributed by atoms with van der Waals surface area (Å²) < 4.78 is 1.75. The zero-order chi connectivity index (χ0) is 30.7. The van der Waals surface area contributed by atoms with E-state index < -0.39 is 0 Å². The third-order valence-corrected chi connectivity index (χ3v) is 8.98. The Kier molecular flexibility index (Phi) is 13.5. The Morgan fingerprint density at radius 3 is 1.18 bits per heavy atom. The minimum atomic E-state index is -0.163. The van der Waals surface area contributed by atoms with E-state index in [9.17, 15) is 19.2 Å². The van der Waals surface area contributed by atoms with Gasteiger partial charge in [-0.15, -0.1) is 0 Å². The average Bonchev–Trinajstić information content (AvgIpc) is 3.32. The third-order valence-electron chi connectivity index (χ3n) is 8.98. The SMILES string of the molecule is Cc1cccc2c1C(=O)N(CCC[N+](C)(C)CCCCCC[N+](C)(C)CCCN1C(=O)c3cccc(C)c3C1=O)C2=O.[Br-].[Br-]. The minimum absolute atomic E-state index is 0. The molecule has 0 aliphatic carbocycles. The molecule has 2 aromatic carbocycles. The van der Waals surface area contributed by atoms with Gasteiger partial charge < -0.3 is 42.9 Å². The van der Waals surface area contributed by atoms with E-state index in [0.717, 1.165) is 72.0 Å². The highest BCUT2D eigenvalue weighted by Gasteiger charge is 2.37. The molecule has 0 radical (unpaired) electrons. The molecule has 0 atom stereocenters. The number of benzene rings is 2. The van der Waals surface area contributed by atoms with Crippen molar-refractivity contribution in [3.05, 3.63) is 69.8 Å². The number of amides is 4. The number of halogens is 2. The van der Waals surface area contributed by atoms with Crippen molar-refractivity contribution in [1.82, 2.24) is 9.80 Å². The zero-order valence-corrected chi connectivity index (χ0v) is 30.3. The van der Waals surface area contributed by atoms with E-state index in [4.69, 9.17) is 0 Å². The first kappa shape index (κ1) is 37.8. The summed E-state index contributed by atoms with van der Waals surface area (Å²) in [5.41, 5.74) is 3.93. The van der Waals surface area contributed by atoms with Crippen LogP contribution in [0.4, 0.5) is 0 Å². The number of hydrogen-bond donors (Lipinski definition) is 0. The monoisotopic (exact) mass is 734 g/mol. The summed E-state index contributed by atoms with van der Waals surface area (Å²) in [6, 6.07) is 10.9. The molecular formula is C34H48Br2N4O4. The molecule has 2 aliphatic heterocycles. The minimum Gasteiger partial charge on any atom is -1.00 e. The average molecular weight is 737 g/mol. The second-order valence-electron chi connectivity index (χ2n) is 13.4. The van der Waals surface area contributed by atoms with Crippen molar-refractivity contribution in [2.24, 2.45) is 0 Å². The molecule has 2 aromatic rings. The molecule has 10 heteroatoms. The smallest absolute Gasteiger partial charge is 0.261 e. The van der Waals surface area contributed by atoms with Crippen LogP contribution in [0.25, 0.3) is 0 Å². The van der Waals surface area contributed by atoms with Crippen LogP contribution in [0.3, 0.4) is 0 Å². The third kappa shape index (κ3) is 8.65. The number of carbonyl (C=O) groups excluding carboxylic acids is 4. The fourth-order valence-corrected chi connectivity index (χ4v) is 6.38. The predicted octanol–water partition coefficient (Wildman–Crippen LogP) is -1.30. The van der Waals surface area contributed by atoms with E-state index in [1.165, 1.54) is 22.6 Å². The first-order valence-corrected chi connectivity index (χ1v) is 15.4. The molecule has 0 bridgehead atoms. The van der Waals surface area contributed by atoms with E-state index in [1.54, 1.807) is 12.1 Å². The van der Waals surface area contributed by atoms with E-state index in [1.807, 2.05) is 38.1 Å². The van der Waals surface area contributed by atoms with Gasteiger partial charge in [-0.3, -0.25) is 29.0 Å². The topological polar surface area (TPSA) is 74.8 Å². The number of rotatable bonds is 15. The van der Waals surface area contributed by atoms with Crippen LogP contribution in [0.1, 0.15) is 91.1 Å². The van der Waals surface area contributed by atoms with Crippen molar-refractivity contribution in [2.75, 3.05) is 67.5 Å². The molecule has 8 nitrogen and oxygen atoms in total. The Morgan fingerprint density at radius 2 is 0.841 bits per heavy atom. The van der Waals surface area contributed by atoms with Gasteiger partial charge in [0.15, 0.2) is 0 Å². The van der Waals surface area contributed by atoms with Gasteiger partial charge in [0.2, 0.25) is 0 Å². The summed E-state index contributed by atoms with van der Waals surface area (Å²) in [6.45, 7) is 8.68. The standard InChI is InChI=1S/C34H48N4O4.2BrH/c1-25-15-11-17-27-29(25)33(41)35(31(27)39)19-13-23-37(3,4)21-9-7-8-10-22-38(5,6)24-14-20-36-32(40)28-18-12-16-26(2)30(28)34(36)42;;/h11-12,15-18H,7-10,13-14,19-24H2,1-6H3;2*1H/q+2;;/p-2. The molecule has 0 spiro atoms. The Morgan fingerprint density at radius 1 is 0.500 bits per heavy atom. The molecule has 0 unspecified atom stereocenters. The molecule has 4 rings (SSSR count). The molecule has 2 heterocycles. The van der Waals surface area contributed by atoms with E-state index >= 15 is 0 Å². The normalized spacial score (nSPS) is 14.5. The number of fused-ring (bicyclic) bond motifs is 2. The molecular weight excluding hydrogens is 688 g/mol. The number of carbonyl (C=O) groups is 4. The van der Waals surface area contributed by atoms with Crippen molar-refractivity contribution in [3.8, 4) is 0 Å². The Hall–Kier alpha value is -2.40. The van der Waals surface area contributed by atoms with E-state index in [-0.39, 0.29) is 57.6 Å². The Bertz CT molecular complexity index is 1270. The Balaban J connectivity index is 0.00000337. The van der Waals surface area contributed by atoms with Gasteiger partial charge >= 0.3 is 0 Å². The van der Waals surface area contributed by atoms with Gasteiger partial charge in [-0.05, 0) is 62.8 Å². The maximum Gasteiger partial charge on any atom is 0.261 e. The highest BCUT2D eigenvalue weighted by molar-refractivity contribution is 6.22. The van der Waals surface area contributed by atoms with Crippen molar-refractivity contribution >= 4 is 23.6 Å². The summed E-state index contributed by atoms with van der Waals surface area (Å²) >= 11 is 0. The Labute approximate surface area is 284 Å². The summed E-state index contributed by atoms with van der Waals surface area (Å²) in [5.74, 6) is -0.634. The van der Waals surface area contributed by atoms with E-state index in [0.29, 0.717) is 35.3 Å². The zero-order valence-electron chi connectivity index (χ0n) is 27.1. The van der Waals surface area contributed by atoms with Gasteiger partial charge in [-0.25, -0.2) is 0 Å². The molecule has 4 amide bonds. The summed E-state index contributed by atoms with van der Waals surface area (Å²) in [6.07, 6.45) is 6.23. The summed E-state index contributed by atoms with van der Waals surface area (Å²) in [4.78, 5) is 53.9. The van der Waals surface area contributed by atoms with Crippen LogP contribution in [0.15, 0.2) is 36.4 Å².